The first-order chi connectivity index (χ1) is 9.16. The van der Waals surface area contributed by atoms with Crippen molar-refractivity contribution in [1.82, 2.24) is 4.90 Å². The van der Waals surface area contributed by atoms with Crippen molar-refractivity contribution in [3.63, 3.8) is 0 Å². The molecule has 4 unspecified atom stereocenters. The number of fused-ring (bicyclic) bond motifs is 2. The summed E-state index contributed by atoms with van der Waals surface area (Å²) in [6, 6.07) is 10.4. The van der Waals surface area contributed by atoms with Gasteiger partial charge in [-0.1, -0.05) is 30.3 Å². The summed E-state index contributed by atoms with van der Waals surface area (Å²) in [5.74, 6) is -1.50. The van der Waals surface area contributed by atoms with Crippen molar-refractivity contribution < 1.29 is 15.0 Å². The molecule has 0 radical (unpaired) electrons. The Morgan fingerprint density at radius 1 is 1.26 bits per heavy atom. The van der Waals surface area contributed by atoms with Gasteiger partial charge in [0.1, 0.15) is 0 Å². The molecule has 4 nitrogen and oxygen atoms in total. The van der Waals surface area contributed by atoms with E-state index >= 15 is 0 Å². The second kappa shape index (κ2) is 4.94. The molecule has 2 aliphatic rings. The molecule has 1 aromatic carbocycles. The first kappa shape index (κ1) is 12.6. The van der Waals surface area contributed by atoms with E-state index in [0.29, 0.717) is 12.5 Å². The van der Waals surface area contributed by atoms with Crippen molar-refractivity contribution in [2.45, 2.75) is 44.0 Å². The zero-order chi connectivity index (χ0) is 13.4. The maximum Gasteiger partial charge on any atom is 0.310 e. The van der Waals surface area contributed by atoms with Crippen LogP contribution < -0.4 is 0 Å². The molecular weight excluding hydrogens is 242 g/mol. The molecule has 0 aromatic heterocycles. The van der Waals surface area contributed by atoms with Gasteiger partial charge < -0.3 is 10.2 Å². The van der Waals surface area contributed by atoms with E-state index in [9.17, 15) is 15.0 Å². The Morgan fingerprint density at radius 3 is 2.68 bits per heavy atom. The standard InChI is InChI=1S/C15H19NO3/c17-13-8-11-6-7-12(14(13)15(18)19)16(11)9-10-4-2-1-3-5-10/h1-5,11-14,17H,6-9H2,(H,18,19). The lowest BCUT2D eigenvalue weighted by Gasteiger charge is -2.41. The van der Waals surface area contributed by atoms with Gasteiger partial charge in [-0.3, -0.25) is 9.69 Å². The Balaban J connectivity index is 1.81. The molecule has 2 N–H and O–H groups in total. The third-order valence-electron chi connectivity index (χ3n) is 4.53. The summed E-state index contributed by atoms with van der Waals surface area (Å²) in [6.07, 6.45) is 1.77. The smallest absolute Gasteiger partial charge is 0.310 e. The second-order valence-corrected chi connectivity index (χ2v) is 5.62. The minimum atomic E-state index is -0.865. The van der Waals surface area contributed by atoms with Gasteiger partial charge in [0.2, 0.25) is 0 Å². The molecule has 0 spiro atoms. The van der Waals surface area contributed by atoms with Gasteiger partial charge in [-0.05, 0) is 24.8 Å². The van der Waals surface area contributed by atoms with Crippen LogP contribution in [0.4, 0.5) is 0 Å². The Morgan fingerprint density at radius 2 is 2.00 bits per heavy atom. The molecule has 4 atom stereocenters. The molecule has 0 amide bonds. The maximum absolute atomic E-state index is 11.4. The molecule has 2 heterocycles. The van der Waals surface area contributed by atoms with Crippen molar-refractivity contribution in [3.8, 4) is 0 Å². The normalized spacial score (nSPS) is 34.4. The zero-order valence-corrected chi connectivity index (χ0v) is 10.8. The van der Waals surface area contributed by atoms with E-state index in [-0.39, 0.29) is 6.04 Å². The highest BCUT2D eigenvalue weighted by molar-refractivity contribution is 5.72. The van der Waals surface area contributed by atoms with Gasteiger partial charge >= 0.3 is 5.97 Å². The average molecular weight is 261 g/mol. The van der Waals surface area contributed by atoms with Crippen molar-refractivity contribution in [2.75, 3.05) is 0 Å². The molecule has 1 aromatic rings. The number of hydrogen-bond acceptors (Lipinski definition) is 3. The second-order valence-electron chi connectivity index (χ2n) is 5.62. The summed E-state index contributed by atoms with van der Waals surface area (Å²) < 4.78 is 0. The van der Waals surface area contributed by atoms with Crippen LogP contribution >= 0.6 is 0 Å². The molecule has 0 aliphatic carbocycles. The van der Waals surface area contributed by atoms with E-state index in [1.54, 1.807) is 0 Å². The molecule has 0 saturated carbocycles. The van der Waals surface area contributed by atoms with Crippen molar-refractivity contribution >= 4 is 5.97 Å². The number of rotatable bonds is 3. The Labute approximate surface area is 112 Å². The summed E-state index contributed by atoms with van der Waals surface area (Å²) in [6.45, 7) is 0.784. The third-order valence-corrected chi connectivity index (χ3v) is 4.53. The topological polar surface area (TPSA) is 60.8 Å². The Bertz CT molecular complexity index is 462. The summed E-state index contributed by atoms with van der Waals surface area (Å²) >= 11 is 0. The highest BCUT2D eigenvalue weighted by Gasteiger charge is 2.49. The van der Waals surface area contributed by atoms with Crippen LogP contribution in [0.15, 0.2) is 30.3 Å². The van der Waals surface area contributed by atoms with Crippen molar-refractivity contribution in [1.29, 1.82) is 0 Å². The van der Waals surface area contributed by atoms with E-state index in [2.05, 4.69) is 17.0 Å². The number of carbonyl (C=O) groups is 1. The van der Waals surface area contributed by atoms with Gasteiger partial charge in [-0.25, -0.2) is 0 Å². The largest absolute Gasteiger partial charge is 0.481 e. The summed E-state index contributed by atoms with van der Waals surface area (Å²) in [5, 5.41) is 19.3. The number of aliphatic carboxylic acids is 1. The van der Waals surface area contributed by atoms with E-state index in [1.165, 1.54) is 5.56 Å². The number of benzene rings is 1. The number of hydrogen-bond donors (Lipinski definition) is 2. The minimum absolute atomic E-state index is 0.0218. The van der Waals surface area contributed by atoms with Crippen molar-refractivity contribution in [2.24, 2.45) is 5.92 Å². The lowest BCUT2D eigenvalue weighted by molar-refractivity contribution is -0.152. The molecule has 19 heavy (non-hydrogen) atoms. The SMILES string of the molecule is O=C(O)C1C(O)CC2CCC1N2Cc1ccccc1. The van der Waals surface area contributed by atoms with Gasteiger partial charge in [-0.2, -0.15) is 0 Å². The fourth-order valence-electron chi connectivity index (χ4n) is 3.66. The number of aliphatic hydroxyl groups is 1. The molecule has 4 heteroatoms. The van der Waals surface area contributed by atoms with Crippen LogP contribution in [-0.2, 0) is 11.3 Å². The van der Waals surface area contributed by atoms with Crippen LogP contribution in [0.3, 0.4) is 0 Å². The van der Waals surface area contributed by atoms with Gasteiger partial charge in [-0.15, -0.1) is 0 Å². The lowest BCUT2D eigenvalue weighted by atomic mass is 9.87. The molecule has 2 saturated heterocycles. The number of piperidine rings is 1. The molecule has 2 fully saturated rings. The van der Waals surface area contributed by atoms with Gasteiger partial charge in [0.15, 0.2) is 0 Å². The highest BCUT2D eigenvalue weighted by Crippen LogP contribution is 2.40. The van der Waals surface area contributed by atoms with Crippen LogP contribution in [0.1, 0.15) is 24.8 Å². The summed E-state index contributed by atoms with van der Waals surface area (Å²) in [4.78, 5) is 13.6. The van der Waals surface area contributed by atoms with E-state index in [0.717, 1.165) is 19.4 Å². The minimum Gasteiger partial charge on any atom is -0.481 e. The van der Waals surface area contributed by atoms with Crippen LogP contribution in [0.2, 0.25) is 0 Å². The molecule has 2 bridgehead atoms. The van der Waals surface area contributed by atoms with Gasteiger partial charge in [0.25, 0.3) is 0 Å². The fraction of sp³-hybridized carbons (Fsp3) is 0.533. The predicted octanol–water partition coefficient (Wildman–Crippen LogP) is 1.48. The average Bonchev–Trinajstić information content (AvgIpc) is 2.66. The number of nitrogens with zero attached hydrogens (tertiary/aromatic N) is 1. The van der Waals surface area contributed by atoms with Crippen LogP contribution in [-0.4, -0.2) is 39.3 Å². The van der Waals surface area contributed by atoms with E-state index < -0.39 is 18.0 Å². The first-order valence-corrected chi connectivity index (χ1v) is 6.87. The van der Waals surface area contributed by atoms with Crippen LogP contribution in [0.25, 0.3) is 0 Å². The number of carboxylic acids is 1. The lowest BCUT2D eigenvalue weighted by Crippen LogP contribution is -2.53. The number of carboxylic acid groups (broad SMARTS) is 1. The fourth-order valence-corrected chi connectivity index (χ4v) is 3.66. The maximum atomic E-state index is 11.4. The number of aliphatic hydroxyl groups excluding tert-OH is 1. The quantitative estimate of drug-likeness (QED) is 0.865. The summed E-state index contributed by atoms with van der Waals surface area (Å²) in [5.41, 5.74) is 1.21. The van der Waals surface area contributed by atoms with E-state index in [4.69, 9.17) is 0 Å². The van der Waals surface area contributed by atoms with E-state index in [1.807, 2.05) is 18.2 Å². The molecular formula is C15H19NO3. The van der Waals surface area contributed by atoms with Gasteiger partial charge in [0.05, 0.1) is 12.0 Å². The molecule has 2 aliphatic heterocycles. The Hall–Kier alpha value is -1.39. The van der Waals surface area contributed by atoms with Gasteiger partial charge in [0, 0.05) is 18.6 Å². The van der Waals surface area contributed by atoms with Crippen LogP contribution in [0.5, 0.6) is 0 Å². The van der Waals surface area contributed by atoms with Crippen LogP contribution in [0, 0.1) is 5.92 Å². The first-order valence-electron chi connectivity index (χ1n) is 6.87. The third kappa shape index (κ3) is 2.26. The monoisotopic (exact) mass is 261 g/mol. The zero-order valence-electron chi connectivity index (χ0n) is 10.8. The Kier molecular flexibility index (Phi) is 3.29. The predicted molar refractivity (Wildman–Crippen MR) is 70.5 cm³/mol. The molecule has 102 valence electrons. The summed E-state index contributed by atoms with van der Waals surface area (Å²) in [7, 11) is 0. The highest BCUT2D eigenvalue weighted by atomic mass is 16.4. The molecule has 3 rings (SSSR count). The van der Waals surface area contributed by atoms with Crippen molar-refractivity contribution in [3.05, 3.63) is 35.9 Å².